The van der Waals surface area contributed by atoms with Gasteiger partial charge in [0, 0.05) is 24.6 Å². The number of rotatable bonds is 10. The van der Waals surface area contributed by atoms with Gasteiger partial charge in [-0.15, -0.1) is 0 Å². The number of benzene rings is 1. The average Bonchev–Trinajstić information content (AvgIpc) is 2.68. The molecule has 2 atom stereocenters. The Morgan fingerprint density at radius 2 is 1.86 bits per heavy atom. The second-order valence-corrected chi connectivity index (χ2v) is 7.28. The molecule has 2 aromatic rings. The van der Waals surface area contributed by atoms with E-state index < -0.39 is 24.9 Å². The first kappa shape index (κ1) is 21.7. The van der Waals surface area contributed by atoms with Gasteiger partial charge in [0.25, 0.3) is 5.91 Å². The summed E-state index contributed by atoms with van der Waals surface area (Å²) in [5.74, 6) is -1.12. The van der Waals surface area contributed by atoms with Crippen LogP contribution in [-0.4, -0.2) is 44.9 Å². The maximum absolute atomic E-state index is 12.9. The number of aromatic nitrogens is 2. The number of hydrogen-bond donors (Lipinski definition) is 3. The van der Waals surface area contributed by atoms with Crippen LogP contribution in [0.15, 0.2) is 48.9 Å². The zero-order valence-electron chi connectivity index (χ0n) is 16.2. The third-order valence-electron chi connectivity index (χ3n) is 4.43. The van der Waals surface area contributed by atoms with Crippen LogP contribution in [0.2, 0.25) is 5.82 Å². The molecule has 0 aliphatic rings. The average molecular weight is 383 g/mol. The molecule has 0 fully saturated rings. The summed E-state index contributed by atoms with van der Waals surface area (Å²) < 4.78 is 0. The van der Waals surface area contributed by atoms with Crippen molar-refractivity contribution < 1.29 is 19.6 Å². The van der Waals surface area contributed by atoms with E-state index in [4.69, 9.17) is 0 Å². The molecule has 7 nitrogen and oxygen atoms in total. The molecule has 0 bridgehead atoms. The van der Waals surface area contributed by atoms with Crippen molar-refractivity contribution in [2.24, 2.45) is 5.92 Å². The van der Waals surface area contributed by atoms with Gasteiger partial charge in [-0.3, -0.25) is 14.6 Å². The Kier molecular flexibility index (Phi) is 8.29. The lowest BCUT2D eigenvalue weighted by Gasteiger charge is -2.22. The van der Waals surface area contributed by atoms with E-state index in [0.717, 1.165) is 5.56 Å². The summed E-state index contributed by atoms with van der Waals surface area (Å²) >= 11 is 0. The Hall–Kier alpha value is -2.58. The smallest absolute Gasteiger partial charge is 0.427 e. The minimum atomic E-state index is -1.58. The van der Waals surface area contributed by atoms with Gasteiger partial charge >= 0.3 is 7.12 Å². The van der Waals surface area contributed by atoms with Crippen LogP contribution in [0.4, 0.5) is 0 Å². The van der Waals surface area contributed by atoms with Crippen molar-refractivity contribution in [1.82, 2.24) is 15.3 Å². The van der Waals surface area contributed by atoms with Crippen LogP contribution in [0.5, 0.6) is 0 Å². The number of hydrogen-bond acceptors (Lipinski definition) is 6. The van der Waals surface area contributed by atoms with Crippen LogP contribution in [0.25, 0.3) is 0 Å². The number of Topliss-reactive ketones (excluding diaryl/α,β-unsaturated/α-hetero) is 1. The fourth-order valence-corrected chi connectivity index (χ4v) is 3.06. The van der Waals surface area contributed by atoms with E-state index in [1.165, 1.54) is 18.6 Å². The molecule has 0 saturated carbocycles. The molecule has 0 spiro atoms. The molecule has 1 aromatic heterocycles. The predicted molar refractivity (Wildman–Crippen MR) is 106 cm³/mol. The lowest BCUT2D eigenvalue weighted by atomic mass is 9.66. The molecule has 0 saturated heterocycles. The minimum absolute atomic E-state index is 0.0336. The van der Waals surface area contributed by atoms with E-state index in [9.17, 15) is 19.6 Å². The molecule has 3 N–H and O–H groups in total. The van der Waals surface area contributed by atoms with Gasteiger partial charge in [0.2, 0.25) is 0 Å². The molecular weight excluding hydrogens is 357 g/mol. The minimum Gasteiger partial charge on any atom is -0.427 e. The Bertz CT molecular complexity index is 757. The van der Waals surface area contributed by atoms with Gasteiger partial charge in [0.1, 0.15) is 5.69 Å². The Morgan fingerprint density at radius 1 is 1.14 bits per heavy atom. The van der Waals surface area contributed by atoms with Gasteiger partial charge < -0.3 is 15.4 Å². The molecular formula is C20H26BN3O4. The van der Waals surface area contributed by atoms with Crippen molar-refractivity contribution in [3.8, 4) is 0 Å². The van der Waals surface area contributed by atoms with E-state index in [2.05, 4.69) is 15.3 Å². The van der Waals surface area contributed by atoms with Gasteiger partial charge in [-0.05, 0) is 24.3 Å². The highest BCUT2D eigenvalue weighted by Gasteiger charge is 2.31. The number of amides is 1. The summed E-state index contributed by atoms with van der Waals surface area (Å²) in [6, 6.07) is 8.55. The van der Waals surface area contributed by atoms with Crippen molar-refractivity contribution in [1.29, 1.82) is 0 Å². The molecule has 8 heteroatoms. The number of nitrogens with zero attached hydrogens (tertiary/aromatic N) is 2. The molecule has 1 aromatic carbocycles. The van der Waals surface area contributed by atoms with Crippen LogP contribution in [0.3, 0.4) is 0 Å². The van der Waals surface area contributed by atoms with E-state index in [0.29, 0.717) is 12.8 Å². The van der Waals surface area contributed by atoms with Crippen LogP contribution < -0.4 is 5.32 Å². The quantitative estimate of drug-likeness (QED) is 0.538. The molecule has 0 aliphatic heterocycles. The third kappa shape index (κ3) is 6.86. The van der Waals surface area contributed by atoms with Crippen LogP contribution in [-0.2, 0) is 11.2 Å². The first-order valence-corrected chi connectivity index (χ1v) is 9.36. The largest absolute Gasteiger partial charge is 0.455 e. The molecule has 0 aliphatic carbocycles. The summed E-state index contributed by atoms with van der Waals surface area (Å²) in [6.07, 6.45) is 4.97. The highest BCUT2D eigenvalue weighted by atomic mass is 16.4. The van der Waals surface area contributed by atoms with Crippen molar-refractivity contribution in [3.63, 3.8) is 0 Å². The zero-order valence-corrected chi connectivity index (χ0v) is 16.2. The van der Waals surface area contributed by atoms with Crippen molar-refractivity contribution >= 4 is 18.8 Å². The van der Waals surface area contributed by atoms with Gasteiger partial charge in [-0.2, -0.15) is 0 Å². The molecule has 148 valence electrons. The molecule has 1 amide bonds. The predicted octanol–water partition coefficient (Wildman–Crippen LogP) is 1.67. The molecule has 1 heterocycles. The lowest BCUT2D eigenvalue weighted by molar-refractivity contribution is -0.121. The van der Waals surface area contributed by atoms with Crippen molar-refractivity contribution in [3.05, 3.63) is 60.2 Å². The van der Waals surface area contributed by atoms with Crippen LogP contribution >= 0.6 is 0 Å². The molecule has 28 heavy (non-hydrogen) atoms. The lowest BCUT2D eigenvalue weighted by Crippen LogP contribution is -2.43. The van der Waals surface area contributed by atoms with Crippen LogP contribution in [0.1, 0.15) is 42.7 Å². The van der Waals surface area contributed by atoms with E-state index in [1.54, 1.807) is 0 Å². The highest BCUT2D eigenvalue weighted by Crippen LogP contribution is 2.24. The van der Waals surface area contributed by atoms with Gasteiger partial charge in [-0.25, -0.2) is 4.98 Å². The summed E-state index contributed by atoms with van der Waals surface area (Å²) in [6.45, 7) is 3.91. The summed E-state index contributed by atoms with van der Waals surface area (Å²) in [4.78, 5) is 33.3. The summed E-state index contributed by atoms with van der Waals surface area (Å²) in [7, 11) is -1.58. The van der Waals surface area contributed by atoms with Gasteiger partial charge in [0.05, 0.1) is 12.2 Å². The first-order valence-electron chi connectivity index (χ1n) is 9.36. The Morgan fingerprint density at radius 3 is 2.43 bits per heavy atom. The Labute approximate surface area is 165 Å². The topological polar surface area (TPSA) is 112 Å². The summed E-state index contributed by atoms with van der Waals surface area (Å²) in [5.41, 5.74) is 1.01. The first-order chi connectivity index (χ1) is 13.4. The number of ketones is 1. The fourth-order valence-electron chi connectivity index (χ4n) is 3.06. The third-order valence-corrected chi connectivity index (χ3v) is 4.43. The van der Waals surface area contributed by atoms with E-state index in [-0.39, 0.29) is 23.8 Å². The van der Waals surface area contributed by atoms with Crippen molar-refractivity contribution in [2.75, 3.05) is 0 Å². The maximum atomic E-state index is 12.9. The van der Waals surface area contributed by atoms with E-state index in [1.807, 2.05) is 44.2 Å². The molecule has 2 rings (SSSR count). The van der Waals surface area contributed by atoms with E-state index >= 15 is 0 Å². The maximum Gasteiger partial charge on any atom is 0.455 e. The molecule has 1 unspecified atom stereocenters. The zero-order chi connectivity index (χ0) is 20.5. The van der Waals surface area contributed by atoms with Gasteiger partial charge in [-0.1, -0.05) is 44.2 Å². The Balaban J connectivity index is 2.16. The monoisotopic (exact) mass is 383 g/mol. The SMILES string of the molecule is CC(C)C[C@H](CC(=O)C(Cc1ccccc1)NC(=O)c1cnccn1)B(O)O. The number of nitrogens with one attached hydrogen (secondary N) is 1. The summed E-state index contributed by atoms with van der Waals surface area (Å²) in [5, 5.41) is 22.0. The second-order valence-electron chi connectivity index (χ2n) is 7.28. The number of carbonyl (C=O) groups excluding carboxylic acids is 2. The molecule has 0 radical (unpaired) electrons. The number of carbonyl (C=O) groups is 2. The fraction of sp³-hybridized carbons (Fsp3) is 0.400. The van der Waals surface area contributed by atoms with Gasteiger partial charge in [0.15, 0.2) is 5.78 Å². The standard InChI is InChI=1S/C20H26BN3O4/c1-14(2)10-16(21(27)28)12-19(25)17(11-15-6-4-3-5-7-15)24-20(26)18-13-22-8-9-23-18/h3-9,13-14,16-17,27-28H,10-12H2,1-2H3,(H,24,26)/t16-,17?/m1/s1. The highest BCUT2D eigenvalue weighted by molar-refractivity contribution is 6.43. The second kappa shape index (κ2) is 10.7. The normalized spacial score (nSPS) is 13.0. The van der Waals surface area contributed by atoms with Crippen molar-refractivity contribution in [2.45, 2.75) is 45.0 Å². The van der Waals surface area contributed by atoms with Crippen LogP contribution in [0, 0.1) is 5.92 Å².